The zero-order chi connectivity index (χ0) is 7.40. The van der Waals surface area contributed by atoms with Gasteiger partial charge in [-0.25, -0.2) is 0 Å². The largest absolute Gasteiger partial charge is 0.475 e. The van der Waals surface area contributed by atoms with Crippen LogP contribution >= 0.6 is 0 Å². The molecule has 0 saturated heterocycles. The van der Waals surface area contributed by atoms with Gasteiger partial charge in [-0.05, 0) is 6.08 Å². The molecule has 1 heterocycles. The smallest absolute Gasteiger partial charge is 0.225 e. The molecule has 0 unspecified atom stereocenters. The summed E-state index contributed by atoms with van der Waals surface area (Å²) in [5.74, 6) is 0.198. The van der Waals surface area contributed by atoms with Crippen molar-refractivity contribution in [1.29, 1.82) is 0 Å². The molecular formula is C6H8N2O2. The van der Waals surface area contributed by atoms with Crippen LogP contribution in [0.25, 0.3) is 0 Å². The highest BCUT2D eigenvalue weighted by Gasteiger charge is 2.03. The third-order valence-electron chi connectivity index (χ3n) is 1.04. The molecule has 0 saturated carbocycles. The molecule has 10 heavy (non-hydrogen) atoms. The average molecular weight is 140 g/mol. The molecule has 4 heteroatoms. The van der Waals surface area contributed by atoms with Crippen molar-refractivity contribution in [1.82, 2.24) is 0 Å². The van der Waals surface area contributed by atoms with Crippen molar-refractivity contribution in [3.05, 3.63) is 11.8 Å². The first-order valence-electron chi connectivity index (χ1n) is 2.89. The summed E-state index contributed by atoms with van der Waals surface area (Å²) >= 11 is 0. The molecule has 0 aromatic carbocycles. The maximum Gasteiger partial charge on any atom is 0.225 e. The normalized spacial score (nSPS) is 15.8. The van der Waals surface area contributed by atoms with Gasteiger partial charge in [0.05, 0.1) is 6.42 Å². The lowest BCUT2D eigenvalue weighted by Crippen LogP contribution is -2.13. The first-order chi connectivity index (χ1) is 4.79. The number of amides is 1. The fourth-order valence-electron chi connectivity index (χ4n) is 0.629. The summed E-state index contributed by atoms with van der Waals surface area (Å²) in [5.41, 5.74) is 4.92. The lowest BCUT2D eigenvalue weighted by atomic mass is 10.3. The van der Waals surface area contributed by atoms with Gasteiger partial charge in [-0.2, -0.15) is 0 Å². The van der Waals surface area contributed by atoms with Gasteiger partial charge in [0.2, 0.25) is 5.91 Å². The topological polar surface area (TPSA) is 64.7 Å². The Morgan fingerprint density at radius 1 is 1.90 bits per heavy atom. The fraction of sp³-hybridized carbons (Fsp3) is 0.333. The number of hydrogen-bond donors (Lipinski definition) is 1. The van der Waals surface area contributed by atoms with Crippen LogP contribution < -0.4 is 5.73 Å². The Morgan fingerprint density at radius 3 is 3.20 bits per heavy atom. The van der Waals surface area contributed by atoms with E-state index in [1.54, 1.807) is 12.3 Å². The summed E-state index contributed by atoms with van der Waals surface area (Å²) in [7, 11) is 0. The summed E-state index contributed by atoms with van der Waals surface area (Å²) in [6.07, 6.45) is 3.39. The van der Waals surface area contributed by atoms with E-state index in [1.807, 2.05) is 0 Å². The number of nitrogens with two attached hydrogens (primary N) is 1. The van der Waals surface area contributed by atoms with E-state index < -0.39 is 0 Å². The van der Waals surface area contributed by atoms with Gasteiger partial charge in [0.25, 0.3) is 0 Å². The molecule has 0 aliphatic carbocycles. The molecule has 0 radical (unpaired) electrons. The van der Waals surface area contributed by atoms with E-state index in [1.165, 1.54) is 0 Å². The number of allylic oxidation sites excluding steroid dienone is 1. The lowest BCUT2D eigenvalue weighted by Gasteiger charge is -2.07. The molecule has 1 rings (SSSR count). The minimum Gasteiger partial charge on any atom is -0.475 e. The van der Waals surface area contributed by atoms with E-state index in [4.69, 9.17) is 10.5 Å². The van der Waals surface area contributed by atoms with Crippen molar-refractivity contribution in [3.8, 4) is 0 Å². The summed E-state index contributed by atoms with van der Waals surface area (Å²) in [5, 5.41) is 0. The van der Waals surface area contributed by atoms with Crippen LogP contribution in [-0.2, 0) is 9.53 Å². The predicted molar refractivity (Wildman–Crippen MR) is 36.3 cm³/mol. The fourth-order valence-corrected chi connectivity index (χ4v) is 0.629. The molecule has 0 atom stereocenters. The number of ether oxygens (including phenoxy) is 1. The zero-order valence-electron chi connectivity index (χ0n) is 5.41. The Bertz CT molecular complexity index is 196. The van der Waals surface area contributed by atoms with Crippen molar-refractivity contribution in [3.63, 3.8) is 0 Å². The standard InChI is InChI=1S/C6H8N2O2/c7-6(9)3-5-1-2-8-4-10-5/h1-2H,3-4H2,(H2,7,9). The molecule has 0 aromatic heterocycles. The van der Waals surface area contributed by atoms with Crippen LogP contribution in [0.5, 0.6) is 0 Å². The van der Waals surface area contributed by atoms with Crippen LogP contribution in [-0.4, -0.2) is 18.9 Å². The lowest BCUT2D eigenvalue weighted by molar-refractivity contribution is -0.118. The Morgan fingerprint density at radius 2 is 2.70 bits per heavy atom. The molecule has 1 aliphatic rings. The highest BCUT2D eigenvalue weighted by molar-refractivity contribution is 5.79. The van der Waals surface area contributed by atoms with Crippen LogP contribution in [0.4, 0.5) is 0 Å². The van der Waals surface area contributed by atoms with Crippen molar-refractivity contribution < 1.29 is 9.53 Å². The molecular weight excluding hydrogens is 132 g/mol. The third kappa shape index (κ3) is 1.89. The molecule has 0 fully saturated rings. The monoisotopic (exact) mass is 140 g/mol. The summed E-state index contributed by atoms with van der Waals surface area (Å²) in [4.78, 5) is 14.1. The Kier molecular flexibility index (Phi) is 2.04. The minimum atomic E-state index is -0.387. The molecule has 54 valence electrons. The second-order valence-electron chi connectivity index (χ2n) is 1.88. The number of nitrogens with zero attached hydrogens (tertiary/aromatic N) is 1. The van der Waals surface area contributed by atoms with Gasteiger partial charge in [-0.3, -0.25) is 9.79 Å². The van der Waals surface area contributed by atoms with Gasteiger partial charge in [0.15, 0.2) is 6.73 Å². The van der Waals surface area contributed by atoms with E-state index in [0.29, 0.717) is 12.5 Å². The molecule has 0 spiro atoms. The van der Waals surface area contributed by atoms with Crippen LogP contribution in [0, 0.1) is 0 Å². The maximum atomic E-state index is 10.3. The number of primary amides is 1. The second-order valence-corrected chi connectivity index (χ2v) is 1.88. The van der Waals surface area contributed by atoms with Crippen LogP contribution in [0.15, 0.2) is 16.8 Å². The van der Waals surface area contributed by atoms with E-state index in [9.17, 15) is 4.79 Å². The third-order valence-corrected chi connectivity index (χ3v) is 1.04. The summed E-state index contributed by atoms with van der Waals surface area (Å²) < 4.78 is 4.95. The van der Waals surface area contributed by atoms with Crippen molar-refractivity contribution >= 4 is 12.1 Å². The van der Waals surface area contributed by atoms with Gasteiger partial charge in [0, 0.05) is 6.21 Å². The Labute approximate surface area is 58.4 Å². The van der Waals surface area contributed by atoms with Crippen LogP contribution in [0.3, 0.4) is 0 Å². The quantitative estimate of drug-likeness (QED) is 0.577. The van der Waals surface area contributed by atoms with Crippen LogP contribution in [0.2, 0.25) is 0 Å². The number of aliphatic imine (C=N–C) groups is 1. The van der Waals surface area contributed by atoms with E-state index in [2.05, 4.69) is 4.99 Å². The molecule has 4 nitrogen and oxygen atoms in total. The summed E-state index contributed by atoms with van der Waals surface area (Å²) in [6.45, 7) is 0.291. The number of carbonyl (C=O) groups is 1. The first kappa shape index (κ1) is 6.80. The van der Waals surface area contributed by atoms with Gasteiger partial charge in [0.1, 0.15) is 5.76 Å². The first-order valence-corrected chi connectivity index (χ1v) is 2.89. The van der Waals surface area contributed by atoms with Gasteiger partial charge < -0.3 is 10.5 Å². The van der Waals surface area contributed by atoms with Gasteiger partial charge >= 0.3 is 0 Å². The zero-order valence-corrected chi connectivity index (χ0v) is 5.41. The van der Waals surface area contributed by atoms with E-state index >= 15 is 0 Å². The minimum absolute atomic E-state index is 0.159. The molecule has 2 N–H and O–H groups in total. The molecule has 0 bridgehead atoms. The molecule has 1 aliphatic heterocycles. The van der Waals surface area contributed by atoms with E-state index in [-0.39, 0.29) is 12.3 Å². The van der Waals surface area contributed by atoms with Gasteiger partial charge in [-0.1, -0.05) is 0 Å². The van der Waals surface area contributed by atoms with Crippen molar-refractivity contribution in [2.45, 2.75) is 6.42 Å². The average Bonchev–Trinajstić information content (AvgIpc) is 1.88. The highest BCUT2D eigenvalue weighted by atomic mass is 16.5. The number of hydrogen-bond acceptors (Lipinski definition) is 3. The number of carbonyl (C=O) groups excluding carboxylic acids is 1. The Balaban J connectivity index is 2.47. The highest BCUT2D eigenvalue weighted by Crippen LogP contribution is 2.04. The Hall–Kier alpha value is -1.32. The van der Waals surface area contributed by atoms with E-state index in [0.717, 1.165) is 0 Å². The number of rotatable bonds is 2. The molecule has 1 amide bonds. The van der Waals surface area contributed by atoms with Crippen molar-refractivity contribution in [2.75, 3.05) is 6.73 Å². The van der Waals surface area contributed by atoms with Crippen molar-refractivity contribution in [2.24, 2.45) is 10.7 Å². The molecule has 0 aromatic rings. The SMILES string of the molecule is NC(=O)CC1=CC=NCO1. The predicted octanol–water partition coefficient (Wildman–Crippen LogP) is -0.196. The van der Waals surface area contributed by atoms with Gasteiger partial charge in [-0.15, -0.1) is 0 Å². The maximum absolute atomic E-state index is 10.3. The second kappa shape index (κ2) is 3.00. The summed E-state index contributed by atoms with van der Waals surface area (Å²) in [6, 6.07) is 0. The van der Waals surface area contributed by atoms with Crippen LogP contribution in [0.1, 0.15) is 6.42 Å².